The molecule has 0 aliphatic heterocycles. The second-order valence-corrected chi connectivity index (χ2v) is 20.0. The molecule has 0 bridgehead atoms. The van der Waals surface area contributed by atoms with Gasteiger partial charge in [0.05, 0.1) is 0 Å². The molecule has 0 radical (unpaired) electrons. The second kappa shape index (κ2) is 17.0. The van der Waals surface area contributed by atoms with Crippen LogP contribution in [-0.4, -0.2) is 0 Å². The molecule has 0 nitrogen and oxygen atoms in total. The van der Waals surface area contributed by atoms with Crippen LogP contribution < -0.4 is 13.3 Å². The number of hydrogen-bond acceptors (Lipinski definition) is 0. The van der Waals surface area contributed by atoms with Crippen molar-refractivity contribution in [3.8, 4) is 11.1 Å². The molecule has 0 saturated carbocycles. The summed E-state index contributed by atoms with van der Waals surface area (Å²) in [6.45, 7) is 12.2. The Bertz CT molecular complexity index is 390. The predicted octanol–water partition coefficient (Wildman–Crippen LogP) is 4.80. The van der Waals surface area contributed by atoms with Crippen LogP contribution in [0, 0.1) is 13.8 Å². The predicted molar refractivity (Wildman–Crippen MR) is 112 cm³/mol. The minimum absolute atomic E-state index is 0.530. The van der Waals surface area contributed by atoms with Crippen LogP contribution in [0.15, 0.2) is 48.5 Å². The SMILES string of the molecule is CC.CC.Cc1ccc(-c2ccc(C)cc2)cc1.I[I-]I. The van der Waals surface area contributed by atoms with E-state index in [4.69, 9.17) is 0 Å². The van der Waals surface area contributed by atoms with E-state index in [0.717, 1.165) is 0 Å². The Labute approximate surface area is 161 Å². The molecule has 2 rings (SSSR count). The molecule has 0 aromatic heterocycles. The van der Waals surface area contributed by atoms with E-state index in [1.165, 1.54) is 22.3 Å². The van der Waals surface area contributed by atoms with Crippen molar-refractivity contribution in [2.24, 2.45) is 0 Å². The fraction of sp³-hybridized carbons (Fsp3) is 0.333. The van der Waals surface area contributed by atoms with Crippen LogP contribution in [0.2, 0.25) is 0 Å². The Morgan fingerprint density at radius 2 is 0.762 bits per heavy atom. The number of halogens is 3. The number of aryl methyl sites for hydroxylation is 2. The molecule has 120 valence electrons. The van der Waals surface area contributed by atoms with Crippen LogP contribution >= 0.6 is 37.2 Å². The molecule has 0 saturated heterocycles. The zero-order valence-corrected chi connectivity index (χ0v) is 20.2. The first-order chi connectivity index (χ1) is 10.2. The van der Waals surface area contributed by atoms with E-state index in [2.05, 4.69) is 99.6 Å². The van der Waals surface area contributed by atoms with E-state index in [1.54, 1.807) is 0 Å². The summed E-state index contributed by atoms with van der Waals surface area (Å²) in [6, 6.07) is 17.3. The summed E-state index contributed by atoms with van der Waals surface area (Å²) in [7, 11) is 0. The van der Waals surface area contributed by atoms with Crippen molar-refractivity contribution in [3.63, 3.8) is 0 Å². The summed E-state index contributed by atoms with van der Waals surface area (Å²) in [5, 5.41) is 0. The molecular weight excluding hydrogens is 597 g/mol. The van der Waals surface area contributed by atoms with Gasteiger partial charge >= 0.3 is 50.5 Å². The quantitative estimate of drug-likeness (QED) is 0.401. The molecule has 0 aliphatic rings. The van der Waals surface area contributed by atoms with Crippen molar-refractivity contribution >= 4 is 37.2 Å². The molecule has 0 amide bonds. The van der Waals surface area contributed by atoms with Crippen molar-refractivity contribution in [2.75, 3.05) is 0 Å². The molecular formula is C18H26I3-. The molecule has 0 spiro atoms. The van der Waals surface area contributed by atoms with Crippen LogP contribution in [0.1, 0.15) is 38.8 Å². The molecule has 0 unspecified atom stereocenters. The van der Waals surface area contributed by atoms with Crippen molar-refractivity contribution in [2.45, 2.75) is 41.5 Å². The van der Waals surface area contributed by atoms with Crippen molar-refractivity contribution in [3.05, 3.63) is 59.7 Å². The van der Waals surface area contributed by atoms with E-state index >= 15 is 0 Å². The van der Waals surface area contributed by atoms with E-state index in [1.807, 2.05) is 27.7 Å². The van der Waals surface area contributed by atoms with E-state index in [-0.39, 0.29) is 0 Å². The van der Waals surface area contributed by atoms with Gasteiger partial charge in [-0.3, -0.25) is 0 Å². The van der Waals surface area contributed by atoms with Crippen LogP contribution in [-0.2, 0) is 0 Å². The Balaban J connectivity index is 0. The number of hydrogen-bond donors (Lipinski definition) is 0. The molecule has 0 atom stereocenters. The van der Waals surface area contributed by atoms with Crippen LogP contribution in [0.3, 0.4) is 0 Å². The van der Waals surface area contributed by atoms with Crippen LogP contribution in [0.5, 0.6) is 0 Å². The zero-order chi connectivity index (χ0) is 16.7. The van der Waals surface area contributed by atoms with Crippen molar-refractivity contribution in [1.29, 1.82) is 0 Å². The third kappa shape index (κ3) is 11.8. The maximum atomic E-state index is 2.39. The average molecular weight is 623 g/mol. The van der Waals surface area contributed by atoms with Crippen molar-refractivity contribution in [1.82, 2.24) is 0 Å². The summed E-state index contributed by atoms with van der Waals surface area (Å²) in [6.07, 6.45) is 0. The van der Waals surface area contributed by atoms with Crippen LogP contribution in [0.4, 0.5) is 0 Å². The topological polar surface area (TPSA) is 0 Å². The molecule has 0 N–H and O–H groups in total. The van der Waals surface area contributed by atoms with E-state index < -0.39 is 0 Å². The second-order valence-electron chi connectivity index (χ2n) is 3.79. The van der Waals surface area contributed by atoms with E-state index in [9.17, 15) is 0 Å². The van der Waals surface area contributed by atoms with Crippen molar-refractivity contribution < 1.29 is 13.3 Å². The first-order valence-corrected chi connectivity index (χ1v) is 19.7. The number of rotatable bonds is 1. The van der Waals surface area contributed by atoms with Gasteiger partial charge < -0.3 is 0 Å². The Kier molecular flexibility index (Phi) is 19.3. The molecule has 3 heteroatoms. The zero-order valence-electron chi connectivity index (χ0n) is 13.8. The van der Waals surface area contributed by atoms with E-state index in [0.29, 0.717) is 13.3 Å². The third-order valence-electron chi connectivity index (χ3n) is 2.44. The van der Waals surface area contributed by atoms with Gasteiger partial charge in [-0.15, -0.1) is 0 Å². The van der Waals surface area contributed by atoms with Gasteiger partial charge in [0.2, 0.25) is 0 Å². The van der Waals surface area contributed by atoms with Gasteiger partial charge in [0.25, 0.3) is 0 Å². The van der Waals surface area contributed by atoms with Gasteiger partial charge in [-0.1, -0.05) is 87.4 Å². The van der Waals surface area contributed by atoms with Gasteiger partial charge in [0.15, 0.2) is 0 Å². The standard InChI is InChI=1S/C14H14.2C2H6.I3/c1-11-3-7-13(8-4-11)14-9-5-12(2)6-10-14;2*1-2;1-3-2/h3-10H,1-2H3;2*1-2H3;/q;;;-1. The number of benzene rings is 2. The summed E-state index contributed by atoms with van der Waals surface area (Å²) in [5.74, 6) is 0. The first-order valence-electron chi connectivity index (χ1n) is 7.18. The normalized spacial score (nSPS) is 8.38. The fourth-order valence-corrected chi connectivity index (χ4v) is 1.49. The Morgan fingerprint density at radius 1 is 0.571 bits per heavy atom. The molecule has 0 fully saturated rings. The molecule has 2 aromatic carbocycles. The molecule has 21 heavy (non-hydrogen) atoms. The monoisotopic (exact) mass is 623 g/mol. The maximum absolute atomic E-state index is 2.39. The van der Waals surface area contributed by atoms with Gasteiger partial charge in [-0.2, -0.15) is 0 Å². The molecule has 0 aliphatic carbocycles. The summed E-state index contributed by atoms with van der Waals surface area (Å²) in [4.78, 5) is 0. The molecule has 2 aromatic rings. The third-order valence-corrected chi connectivity index (χ3v) is 2.44. The Morgan fingerprint density at radius 3 is 0.952 bits per heavy atom. The fourth-order valence-electron chi connectivity index (χ4n) is 1.49. The Hall–Kier alpha value is 0.630. The summed E-state index contributed by atoms with van der Waals surface area (Å²) < 4.78 is 0. The van der Waals surface area contributed by atoms with Gasteiger partial charge in [-0.05, 0) is 25.0 Å². The summed E-state index contributed by atoms with van der Waals surface area (Å²) >= 11 is 5.30. The first kappa shape index (κ1) is 23.9. The van der Waals surface area contributed by atoms with Gasteiger partial charge in [-0.25, -0.2) is 0 Å². The van der Waals surface area contributed by atoms with Crippen LogP contribution in [0.25, 0.3) is 11.1 Å². The van der Waals surface area contributed by atoms with Gasteiger partial charge in [0, 0.05) is 0 Å². The van der Waals surface area contributed by atoms with Gasteiger partial charge in [0.1, 0.15) is 0 Å². The average Bonchev–Trinajstić information content (AvgIpc) is 2.54. The molecule has 0 heterocycles. The minimum atomic E-state index is 0.530. The summed E-state index contributed by atoms with van der Waals surface area (Å²) in [5.41, 5.74) is 5.19.